The molecule has 230 valence electrons. The highest BCUT2D eigenvalue weighted by atomic mass is 35.5. The van der Waals surface area contributed by atoms with Crippen LogP contribution in [0.3, 0.4) is 0 Å². The number of aryl methyl sites for hydroxylation is 1. The minimum Gasteiger partial charge on any atom is -0.619 e. The van der Waals surface area contributed by atoms with E-state index in [0.717, 1.165) is 10.6 Å². The van der Waals surface area contributed by atoms with Gasteiger partial charge < -0.3 is 5.21 Å². The molecule has 0 spiro atoms. The zero-order valence-corrected chi connectivity index (χ0v) is 27.8. The minimum absolute atomic E-state index is 0. The van der Waals surface area contributed by atoms with Gasteiger partial charge in [0, 0.05) is 42.7 Å². The lowest BCUT2D eigenvalue weighted by atomic mass is 10.0. The first-order valence-corrected chi connectivity index (χ1v) is 14.9. The number of halogens is 3. The van der Waals surface area contributed by atoms with Crippen molar-refractivity contribution in [2.75, 3.05) is 0 Å². The summed E-state index contributed by atoms with van der Waals surface area (Å²) < 4.78 is 0.608. The van der Waals surface area contributed by atoms with Crippen LogP contribution < -0.4 is 4.73 Å². The molecule has 4 aromatic heterocycles. The van der Waals surface area contributed by atoms with E-state index in [9.17, 15) is 5.21 Å². The second-order valence-corrected chi connectivity index (χ2v) is 12.0. The number of aromatic nitrogens is 4. The molecule has 0 aliphatic heterocycles. The molecule has 4 rings (SSSR count). The molecule has 5 nitrogen and oxygen atoms in total. The molecule has 42 heavy (non-hydrogen) atoms. The van der Waals surface area contributed by atoms with Gasteiger partial charge in [0.05, 0.1) is 5.02 Å². The van der Waals surface area contributed by atoms with Gasteiger partial charge >= 0.3 is 0 Å². The van der Waals surface area contributed by atoms with Gasteiger partial charge in [-0.15, -0.1) is 0 Å². The Hall–Kier alpha value is -2.73. The summed E-state index contributed by atoms with van der Waals surface area (Å²) in [6.07, 6.45) is 13.5. The zero-order chi connectivity index (χ0) is 31.1. The number of nitrogens with zero attached hydrogens (tertiary/aromatic N) is 4. The highest BCUT2D eigenvalue weighted by Gasteiger charge is 2.13. The van der Waals surface area contributed by atoms with E-state index in [2.05, 4.69) is 62.6 Å². The summed E-state index contributed by atoms with van der Waals surface area (Å²) in [5.41, 5.74) is 5.86. The van der Waals surface area contributed by atoms with Crippen LogP contribution in [0.5, 0.6) is 0 Å². The third-order valence-electron chi connectivity index (χ3n) is 6.01. The Morgan fingerprint density at radius 1 is 0.595 bits per heavy atom. The van der Waals surface area contributed by atoms with E-state index in [1.54, 1.807) is 12.4 Å². The molecule has 0 atom stereocenters. The molecule has 8 heteroatoms. The normalized spacial score (nSPS) is 10.2. The first kappa shape index (κ1) is 39.3. The van der Waals surface area contributed by atoms with E-state index >= 15 is 0 Å². The SMILES string of the molecule is C.CC(C)c1c(Cl)c[n+]([O-])cc1Cl.CC(C)c1cccnc1.CC(C)c1ccncc1.Cc1cncc(Cl)c1C(C)C. The van der Waals surface area contributed by atoms with Gasteiger partial charge in [-0.3, -0.25) is 15.0 Å². The Balaban J connectivity index is 0.000000533. The topological polar surface area (TPSA) is 65.6 Å². The van der Waals surface area contributed by atoms with Crippen molar-refractivity contribution >= 4 is 34.8 Å². The van der Waals surface area contributed by atoms with Crippen LogP contribution in [0.15, 0.2) is 73.8 Å². The standard InChI is InChI=1S/C9H12ClN.C8H9Cl2NO.2C8H11N.CH4/c1-6(2)9-7(3)4-11-5-8(9)10;1-5(2)8-6(9)3-11(12)4-7(8)10;1-7(2)8-3-5-9-6-4-8;1-7(2)8-4-3-5-9-6-8;/h4-6H,1-3H3;3-5H,1-2H3;2*3-7H,1-2H3;1H4. The monoisotopic (exact) mass is 632 g/mol. The van der Waals surface area contributed by atoms with Crippen molar-refractivity contribution in [3.63, 3.8) is 0 Å². The Morgan fingerprint density at radius 2 is 1.12 bits per heavy atom. The van der Waals surface area contributed by atoms with Crippen molar-refractivity contribution < 1.29 is 4.73 Å². The molecular weight excluding hydrogens is 587 g/mol. The summed E-state index contributed by atoms with van der Waals surface area (Å²) >= 11 is 17.6. The summed E-state index contributed by atoms with van der Waals surface area (Å²) in [6, 6.07) is 8.16. The molecule has 0 amide bonds. The van der Waals surface area contributed by atoms with Crippen LogP contribution in [0.1, 0.15) is 114 Å². The second-order valence-electron chi connectivity index (χ2n) is 10.8. The van der Waals surface area contributed by atoms with Gasteiger partial charge in [-0.1, -0.05) is 104 Å². The van der Waals surface area contributed by atoms with Crippen molar-refractivity contribution in [3.05, 3.63) is 122 Å². The molecule has 0 saturated heterocycles. The van der Waals surface area contributed by atoms with Gasteiger partial charge in [-0.25, -0.2) is 0 Å². The Bertz CT molecular complexity index is 1210. The predicted molar refractivity (Wildman–Crippen MR) is 181 cm³/mol. The van der Waals surface area contributed by atoms with Gasteiger partial charge in [0.1, 0.15) is 10.0 Å². The van der Waals surface area contributed by atoms with Crippen LogP contribution in [-0.4, -0.2) is 15.0 Å². The van der Waals surface area contributed by atoms with Crippen molar-refractivity contribution in [1.29, 1.82) is 0 Å². The number of hydrogen-bond donors (Lipinski definition) is 0. The summed E-state index contributed by atoms with van der Waals surface area (Å²) in [5.74, 6) is 1.92. The number of pyridine rings is 4. The molecule has 0 N–H and O–H groups in total. The van der Waals surface area contributed by atoms with E-state index in [0.29, 0.717) is 32.5 Å². The molecule has 0 fully saturated rings. The van der Waals surface area contributed by atoms with Crippen LogP contribution >= 0.6 is 34.8 Å². The minimum atomic E-state index is 0. The van der Waals surface area contributed by atoms with Gasteiger partial charge in [0.15, 0.2) is 12.4 Å². The highest BCUT2D eigenvalue weighted by Crippen LogP contribution is 2.29. The Labute approximate surface area is 268 Å². The lowest BCUT2D eigenvalue weighted by molar-refractivity contribution is -0.605. The van der Waals surface area contributed by atoms with Gasteiger partial charge in [0.25, 0.3) is 0 Å². The molecular formula is C34H47Cl3N4O. The smallest absolute Gasteiger partial charge is 0.199 e. The fourth-order valence-corrected chi connectivity index (χ4v) is 5.11. The highest BCUT2D eigenvalue weighted by molar-refractivity contribution is 6.35. The molecule has 4 aromatic rings. The summed E-state index contributed by atoms with van der Waals surface area (Å²) in [4.78, 5) is 11.9. The zero-order valence-electron chi connectivity index (χ0n) is 25.6. The molecule has 0 aliphatic rings. The predicted octanol–water partition coefficient (Wildman–Crippen LogP) is 11.0. The lowest BCUT2D eigenvalue weighted by Crippen LogP contribution is -2.25. The molecule has 0 saturated carbocycles. The maximum absolute atomic E-state index is 10.8. The Morgan fingerprint density at radius 3 is 1.45 bits per heavy atom. The third-order valence-corrected chi connectivity index (χ3v) is 6.92. The van der Waals surface area contributed by atoms with E-state index in [1.165, 1.54) is 34.6 Å². The first-order valence-electron chi connectivity index (χ1n) is 13.7. The largest absolute Gasteiger partial charge is 0.619 e. The second kappa shape index (κ2) is 20.2. The lowest BCUT2D eigenvalue weighted by Gasteiger charge is -2.09. The maximum Gasteiger partial charge on any atom is 0.199 e. The van der Waals surface area contributed by atoms with E-state index in [4.69, 9.17) is 34.8 Å². The van der Waals surface area contributed by atoms with Crippen LogP contribution in [0.4, 0.5) is 0 Å². The van der Waals surface area contributed by atoms with Gasteiger partial charge in [-0.2, -0.15) is 4.73 Å². The van der Waals surface area contributed by atoms with Crippen molar-refractivity contribution in [3.8, 4) is 0 Å². The number of rotatable bonds is 4. The molecule has 4 heterocycles. The molecule has 0 unspecified atom stereocenters. The van der Waals surface area contributed by atoms with Crippen LogP contribution in [0.25, 0.3) is 0 Å². The maximum atomic E-state index is 10.8. The fraction of sp³-hybridized carbons (Fsp3) is 0.412. The first-order chi connectivity index (χ1) is 19.3. The Kier molecular flexibility index (Phi) is 18.9. The van der Waals surface area contributed by atoms with E-state index in [-0.39, 0.29) is 13.3 Å². The van der Waals surface area contributed by atoms with Crippen LogP contribution in [0.2, 0.25) is 15.1 Å². The van der Waals surface area contributed by atoms with E-state index in [1.807, 2.05) is 63.8 Å². The molecule has 0 aliphatic carbocycles. The quantitative estimate of drug-likeness (QED) is 0.166. The fourth-order valence-electron chi connectivity index (χ4n) is 3.80. The average Bonchev–Trinajstić information content (AvgIpc) is 2.90. The molecule has 0 aromatic carbocycles. The molecule has 0 radical (unpaired) electrons. The summed E-state index contributed by atoms with van der Waals surface area (Å²) in [5, 5.41) is 12.5. The van der Waals surface area contributed by atoms with Gasteiger partial charge in [-0.05, 0) is 71.0 Å². The van der Waals surface area contributed by atoms with Crippen molar-refractivity contribution in [1.82, 2.24) is 15.0 Å². The average molecular weight is 634 g/mol. The van der Waals surface area contributed by atoms with Crippen molar-refractivity contribution in [2.24, 2.45) is 0 Å². The van der Waals surface area contributed by atoms with Crippen LogP contribution in [0, 0.1) is 12.1 Å². The van der Waals surface area contributed by atoms with Crippen molar-refractivity contribution in [2.45, 2.75) is 93.4 Å². The third kappa shape index (κ3) is 14.0. The van der Waals surface area contributed by atoms with E-state index < -0.39 is 0 Å². The molecule has 0 bridgehead atoms. The number of hydrogen-bond acceptors (Lipinski definition) is 4. The summed E-state index contributed by atoms with van der Waals surface area (Å²) in [6.45, 7) is 18.9. The van der Waals surface area contributed by atoms with Gasteiger partial charge in [0.2, 0.25) is 0 Å². The summed E-state index contributed by atoms with van der Waals surface area (Å²) in [7, 11) is 0. The van der Waals surface area contributed by atoms with Crippen LogP contribution in [-0.2, 0) is 0 Å².